The lowest BCUT2D eigenvalue weighted by molar-refractivity contribution is -0.132. The second kappa shape index (κ2) is 10.4. The van der Waals surface area contributed by atoms with Crippen LogP contribution in [0, 0.1) is 5.92 Å². The molecule has 1 unspecified atom stereocenters. The zero-order valence-corrected chi connectivity index (χ0v) is 11.9. The van der Waals surface area contributed by atoms with Gasteiger partial charge < -0.3 is 15.5 Å². The Kier molecular flexibility index (Phi) is 11.3. The van der Waals surface area contributed by atoms with E-state index in [9.17, 15) is 9.59 Å². The molecule has 0 rings (SSSR count). The molecule has 0 aliphatic carbocycles. The maximum absolute atomic E-state index is 11.6. The van der Waals surface area contributed by atoms with Gasteiger partial charge in [-0.05, 0) is 20.0 Å². The second-order valence-electron chi connectivity index (χ2n) is 4.00. The molecule has 0 aromatic carbocycles. The minimum absolute atomic E-state index is 0. The summed E-state index contributed by atoms with van der Waals surface area (Å²) >= 11 is 0. The van der Waals surface area contributed by atoms with Crippen LogP contribution in [0.3, 0.4) is 0 Å². The van der Waals surface area contributed by atoms with Crippen LogP contribution in [0.1, 0.15) is 19.8 Å². The average molecular weight is 266 g/mol. The van der Waals surface area contributed by atoms with Gasteiger partial charge in [0.1, 0.15) is 0 Å². The molecule has 0 saturated heterocycles. The fourth-order valence-corrected chi connectivity index (χ4v) is 1.45. The van der Waals surface area contributed by atoms with Crippen molar-refractivity contribution in [2.45, 2.75) is 19.8 Å². The molecular weight excluding hydrogens is 242 g/mol. The van der Waals surface area contributed by atoms with E-state index in [1.807, 2.05) is 14.0 Å². The van der Waals surface area contributed by atoms with Crippen molar-refractivity contribution in [1.82, 2.24) is 15.5 Å². The van der Waals surface area contributed by atoms with E-state index in [1.54, 1.807) is 19.0 Å². The van der Waals surface area contributed by atoms with Crippen LogP contribution in [0.25, 0.3) is 0 Å². The number of carbonyl (C=O) groups excluding carboxylic acids is 2. The molecule has 0 heterocycles. The van der Waals surface area contributed by atoms with Crippen LogP contribution in [-0.2, 0) is 9.59 Å². The Balaban J connectivity index is 0. The number of nitrogens with one attached hydrogen (secondary N) is 2. The van der Waals surface area contributed by atoms with Crippen molar-refractivity contribution in [2.75, 3.05) is 34.2 Å². The first-order valence-corrected chi connectivity index (χ1v) is 5.63. The van der Waals surface area contributed by atoms with Crippen LogP contribution in [0.15, 0.2) is 0 Å². The van der Waals surface area contributed by atoms with Crippen LogP contribution >= 0.6 is 12.4 Å². The Morgan fingerprint density at radius 2 is 1.88 bits per heavy atom. The van der Waals surface area contributed by atoms with Gasteiger partial charge in [0, 0.05) is 27.1 Å². The highest BCUT2D eigenvalue weighted by molar-refractivity contribution is 5.85. The first kappa shape index (κ1) is 18.6. The molecule has 6 heteroatoms. The topological polar surface area (TPSA) is 61.4 Å². The summed E-state index contributed by atoms with van der Waals surface area (Å²) in [6.45, 7) is 3.12. The van der Waals surface area contributed by atoms with Crippen molar-refractivity contribution in [3.05, 3.63) is 0 Å². The maximum atomic E-state index is 11.6. The van der Waals surface area contributed by atoms with Crippen LogP contribution in [-0.4, -0.2) is 50.9 Å². The predicted octanol–water partition coefficient (Wildman–Crippen LogP) is 0.248. The molecule has 0 fully saturated rings. The van der Waals surface area contributed by atoms with Gasteiger partial charge in [-0.1, -0.05) is 6.92 Å². The zero-order chi connectivity index (χ0) is 12.6. The molecule has 1 atom stereocenters. The van der Waals surface area contributed by atoms with Crippen molar-refractivity contribution < 1.29 is 9.59 Å². The summed E-state index contributed by atoms with van der Waals surface area (Å²) in [4.78, 5) is 24.5. The summed E-state index contributed by atoms with van der Waals surface area (Å²) in [6.07, 6.45) is 1.35. The highest BCUT2D eigenvalue weighted by Crippen LogP contribution is 2.01. The SMILES string of the molecule is CNCCCC(=O)N(C)CC(C)C(=O)NC.Cl. The Morgan fingerprint density at radius 1 is 1.29 bits per heavy atom. The number of hydrogen-bond acceptors (Lipinski definition) is 3. The third-order valence-electron chi connectivity index (χ3n) is 2.48. The number of amides is 2. The summed E-state index contributed by atoms with van der Waals surface area (Å²) in [5.74, 6) is -0.107. The van der Waals surface area contributed by atoms with Crippen molar-refractivity contribution >= 4 is 24.2 Å². The van der Waals surface area contributed by atoms with E-state index >= 15 is 0 Å². The molecule has 17 heavy (non-hydrogen) atoms. The van der Waals surface area contributed by atoms with Gasteiger partial charge in [-0.25, -0.2) is 0 Å². The highest BCUT2D eigenvalue weighted by atomic mass is 35.5. The van der Waals surface area contributed by atoms with E-state index in [0.717, 1.165) is 13.0 Å². The second-order valence-corrected chi connectivity index (χ2v) is 4.00. The van der Waals surface area contributed by atoms with Gasteiger partial charge in [0.2, 0.25) is 11.8 Å². The van der Waals surface area contributed by atoms with Gasteiger partial charge in [-0.3, -0.25) is 9.59 Å². The smallest absolute Gasteiger partial charge is 0.224 e. The minimum atomic E-state index is -0.164. The third kappa shape index (κ3) is 7.99. The lowest BCUT2D eigenvalue weighted by atomic mass is 10.1. The molecule has 2 amide bonds. The third-order valence-corrected chi connectivity index (χ3v) is 2.48. The predicted molar refractivity (Wildman–Crippen MR) is 71.3 cm³/mol. The van der Waals surface area contributed by atoms with E-state index in [1.165, 1.54) is 0 Å². The molecule has 0 saturated carbocycles. The summed E-state index contributed by atoms with van der Waals surface area (Å²) in [6, 6.07) is 0. The van der Waals surface area contributed by atoms with E-state index in [0.29, 0.717) is 13.0 Å². The minimum Gasteiger partial charge on any atom is -0.359 e. The quantitative estimate of drug-likeness (QED) is 0.649. The Morgan fingerprint density at radius 3 is 2.35 bits per heavy atom. The van der Waals surface area contributed by atoms with Gasteiger partial charge in [-0.15, -0.1) is 12.4 Å². The number of rotatable bonds is 7. The molecule has 0 spiro atoms. The van der Waals surface area contributed by atoms with Crippen LogP contribution in [0.2, 0.25) is 0 Å². The maximum Gasteiger partial charge on any atom is 0.224 e. The summed E-state index contributed by atoms with van der Waals surface area (Å²) in [5, 5.41) is 5.57. The fourth-order valence-electron chi connectivity index (χ4n) is 1.45. The van der Waals surface area contributed by atoms with Crippen molar-refractivity contribution in [3.8, 4) is 0 Å². The van der Waals surface area contributed by atoms with Crippen molar-refractivity contribution in [1.29, 1.82) is 0 Å². The molecule has 0 aromatic heterocycles. The molecule has 102 valence electrons. The molecule has 0 aliphatic heterocycles. The summed E-state index contributed by atoms with van der Waals surface area (Å²) in [7, 11) is 5.20. The van der Waals surface area contributed by atoms with E-state index < -0.39 is 0 Å². The van der Waals surface area contributed by atoms with Crippen molar-refractivity contribution in [3.63, 3.8) is 0 Å². The van der Waals surface area contributed by atoms with Gasteiger partial charge in [-0.2, -0.15) is 0 Å². The molecule has 5 nitrogen and oxygen atoms in total. The van der Waals surface area contributed by atoms with Crippen LogP contribution < -0.4 is 10.6 Å². The number of halogens is 1. The average Bonchev–Trinajstić information content (AvgIpc) is 2.27. The fraction of sp³-hybridized carbons (Fsp3) is 0.818. The van der Waals surface area contributed by atoms with Crippen LogP contribution in [0.5, 0.6) is 0 Å². The van der Waals surface area contributed by atoms with Gasteiger partial charge >= 0.3 is 0 Å². The summed E-state index contributed by atoms with van der Waals surface area (Å²) < 4.78 is 0. The lowest BCUT2D eigenvalue weighted by Crippen LogP contribution is -2.37. The normalized spacial score (nSPS) is 11.3. The largest absolute Gasteiger partial charge is 0.359 e. The first-order valence-electron chi connectivity index (χ1n) is 5.63. The Labute approximate surface area is 110 Å². The zero-order valence-electron chi connectivity index (χ0n) is 11.1. The number of nitrogens with zero attached hydrogens (tertiary/aromatic N) is 1. The standard InChI is InChI=1S/C11H23N3O2.ClH/c1-9(11(16)13-3)8-14(4)10(15)6-5-7-12-2;/h9,12H,5-8H2,1-4H3,(H,13,16);1H. The van der Waals surface area contributed by atoms with Gasteiger partial charge in [0.25, 0.3) is 0 Å². The van der Waals surface area contributed by atoms with Gasteiger partial charge in [0.05, 0.1) is 5.92 Å². The first-order chi connectivity index (χ1) is 7.52. The molecule has 0 aliphatic rings. The molecule has 0 aromatic rings. The molecule has 0 bridgehead atoms. The molecule has 0 radical (unpaired) electrons. The van der Waals surface area contributed by atoms with E-state index in [-0.39, 0.29) is 30.1 Å². The number of hydrogen-bond donors (Lipinski definition) is 2. The van der Waals surface area contributed by atoms with E-state index in [2.05, 4.69) is 10.6 Å². The number of carbonyl (C=O) groups is 2. The summed E-state index contributed by atoms with van der Waals surface area (Å²) in [5.41, 5.74) is 0. The molecular formula is C11H24ClN3O2. The van der Waals surface area contributed by atoms with E-state index in [4.69, 9.17) is 0 Å². The molecule has 2 N–H and O–H groups in total. The van der Waals surface area contributed by atoms with Gasteiger partial charge in [0.15, 0.2) is 0 Å². The highest BCUT2D eigenvalue weighted by Gasteiger charge is 2.16. The Hall–Kier alpha value is -0.810. The lowest BCUT2D eigenvalue weighted by Gasteiger charge is -2.20. The Bertz CT molecular complexity index is 237. The van der Waals surface area contributed by atoms with Crippen LogP contribution in [0.4, 0.5) is 0 Å². The van der Waals surface area contributed by atoms with Crippen molar-refractivity contribution in [2.24, 2.45) is 5.92 Å². The monoisotopic (exact) mass is 265 g/mol.